The van der Waals surface area contributed by atoms with E-state index < -0.39 is 45.6 Å². The number of rotatable bonds is 5. The molecule has 19 heavy (non-hydrogen) atoms. The molecule has 0 atom stereocenters. The van der Waals surface area contributed by atoms with Crippen LogP contribution in [0.25, 0.3) is 0 Å². The minimum absolute atomic E-state index is 0. The molecule has 0 aromatic rings. The number of hydrogen-bond acceptors (Lipinski definition) is 8. The van der Waals surface area contributed by atoms with Crippen LogP contribution in [0.1, 0.15) is 12.8 Å². The molecule has 0 aliphatic rings. The van der Waals surface area contributed by atoms with E-state index in [2.05, 4.69) is 8.37 Å². The van der Waals surface area contributed by atoms with Crippen LogP contribution in [0.5, 0.6) is 0 Å². The van der Waals surface area contributed by atoms with Crippen LogP contribution in [0.15, 0.2) is 0 Å². The maximum Gasteiger partial charge on any atom is 0.448 e. The predicted molar refractivity (Wildman–Crippen MR) is 61.8 cm³/mol. The van der Waals surface area contributed by atoms with Gasteiger partial charge in [-0.15, -0.1) is 0 Å². The van der Waals surface area contributed by atoms with Crippen LogP contribution in [0, 0.1) is 0 Å². The molecule has 0 fully saturated rings. The van der Waals surface area contributed by atoms with E-state index in [1.807, 2.05) is 0 Å². The molecule has 0 aliphatic carbocycles. The third kappa shape index (κ3) is 22.9. The molecule has 100 valence electrons. The van der Waals surface area contributed by atoms with E-state index in [-0.39, 0.29) is 113 Å². The summed E-state index contributed by atoms with van der Waals surface area (Å²) in [5.41, 5.74) is 0. The van der Waals surface area contributed by atoms with Gasteiger partial charge in [0, 0.05) is 113 Å². The normalized spacial score (nSPS) is 10.0. The molecule has 0 saturated heterocycles. The van der Waals surface area contributed by atoms with Gasteiger partial charge in [-0.2, -0.15) is 16.8 Å². The van der Waals surface area contributed by atoms with Crippen LogP contribution in [-0.2, 0) is 38.8 Å². The summed E-state index contributed by atoms with van der Waals surface area (Å²) in [6.45, 7) is 0. The van der Waals surface area contributed by atoms with E-state index in [9.17, 15) is 26.4 Å². The molecule has 0 unspecified atom stereocenters. The maximum absolute atomic E-state index is 10.5. The molecule has 0 saturated carbocycles. The van der Waals surface area contributed by atoms with Gasteiger partial charge in [-0.25, -0.2) is 0 Å². The minimum atomic E-state index is -4.98. The summed E-state index contributed by atoms with van der Waals surface area (Å²) >= 11 is 0. The maximum atomic E-state index is 10.5. The van der Waals surface area contributed by atoms with Crippen LogP contribution in [0.2, 0.25) is 0 Å². The Balaban J connectivity index is -0.000000375. The van der Waals surface area contributed by atoms with Crippen molar-refractivity contribution in [3.8, 4) is 0 Å². The summed E-state index contributed by atoms with van der Waals surface area (Å²) in [6.07, 6.45) is -1.71. The average molecular weight is 398 g/mol. The molecular weight excluding hydrogens is 392 g/mol. The zero-order chi connectivity index (χ0) is 13.0. The van der Waals surface area contributed by atoms with Crippen molar-refractivity contribution < 1.29 is 43.9 Å². The number of carbonyl (C=O) groups excluding carboxylic acids is 2. The third-order valence-electron chi connectivity index (χ3n) is 0.930. The molecule has 0 bridgehead atoms. The van der Waals surface area contributed by atoms with Crippen molar-refractivity contribution in [2.45, 2.75) is 12.8 Å². The molecule has 0 heterocycles. The van der Waals surface area contributed by atoms with Gasteiger partial charge in [0.05, 0.1) is 12.8 Å². The molecule has 0 aliphatic heterocycles. The first-order valence-electron chi connectivity index (χ1n) is 3.39. The van der Waals surface area contributed by atoms with Gasteiger partial charge in [0.25, 0.3) is 0 Å². The molecule has 2 N–H and O–H groups in total. The standard InChI is InChI=1S/C4H6O10S2.3Ca/c5-3(13-15(7,8)9)1-2-4(6)14-16(10,11)12;;;/h1-2H2,(H,7,8,9)(H,10,11,12);;;. The van der Waals surface area contributed by atoms with Gasteiger partial charge in [-0.3, -0.25) is 18.7 Å². The monoisotopic (exact) mass is 398 g/mol. The van der Waals surface area contributed by atoms with Crippen molar-refractivity contribution >= 4 is 146 Å². The summed E-state index contributed by atoms with van der Waals surface area (Å²) in [5.74, 6) is -2.98. The van der Waals surface area contributed by atoms with E-state index in [1.54, 1.807) is 0 Å². The van der Waals surface area contributed by atoms with Crippen LogP contribution >= 0.6 is 0 Å². The molecule has 0 spiro atoms. The largest absolute Gasteiger partial charge is 0.448 e. The summed E-state index contributed by atoms with van der Waals surface area (Å²) in [6, 6.07) is 0. The van der Waals surface area contributed by atoms with Gasteiger partial charge in [0.2, 0.25) is 0 Å². The van der Waals surface area contributed by atoms with E-state index >= 15 is 0 Å². The fourth-order valence-electron chi connectivity index (χ4n) is 0.522. The Morgan fingerprint density at radius 1 is 0.737 bits per heavy atom. The number of hydrogen-bond donors (Lipinski definition) is 2. The first-order valence-corrected chi connectivity index (χ1v) is 6.12. The zero-order valence-electron chi connectivity index (χ0n) is 9.51. The molecule has 15 heteroatoms. The fourth-order valence-corrected chi connectivity index (χ4v) is 1.16. The zero-order valence-corrected chi connectivity index (χ0v) is 17.8. The van der Waals surface area contributed by atoms with Crippen LogP contribution in [0.4, 0.5) is 0 Å². The molecule has 0 rings (SSSR count). The predicted octanol–water partition coefficient (Wildman–Crippen LogP) is -2.68. The van der Waals surface area contributed by atoms with Crippen LogP contribution < -0.4 is 0 Å². The quantitative estimate of drug-likeness (QED) is 0.368. The second-order valence-electron chi connectivity index (χ2n) is 2.27. The summed E-state index contributed by atoms with van der Waals surface area (Å²) in [5, 5.41) is 0. The fraction of sp³-hybridized carbons (Fsp3) is 0.500. The Bertz CT molecular complexity index is 435. The molecule has 0 amide bonds. The van der Waals surface area contributed by atoms with Crippen molar-refractivity contribution in [2.24, 2.45) is 0 Å². The van der Waals surface area contributed by atoms with Gasteiger partial charge < -0.3 is 8.37 Å². The van der Waals surface area contributed by atoms with E-state index in [0.29, 0.717) is 0 Å². The third-order valence-corrected chi connectivity index (χ3v) is 1.72. The van der Waals surface area contributed by atoms with Crippen LogP contribution in [-0.4, -0.2) is 151 Å². The minimum Gasteiger partial charge on any atom is -0.325 e. The van der Waals surface area contributed by atoms with Crippen molar-refractivity contribution in [1.82, 2.24) is 0 Å². The average Bonchev–Trinajstić information content (AvgIpc) is 1.94. The van der Waals surface area contributed by atoms with E-state index in [4.69, 9.17) is 9.11 Å². The Labute approximate surface area is 198 Å². The summed E-state index contributed by atoms with van der Waals surface area (Å²) in [7, 11) is -9.95. The smallest absolute Gasteiger partial charge is 0.325 e. The molecular formula is C4H6Ca3O10S2. The van der Waals surface area contributed by atoms with Crippen molar-refractivity contribution in [2.75, 3.05) is 0 Å². The molecule has 10 nitrogen and oxygen atoms in total. The van der Waals surface area contributed by atoms with Crippen molar-refractivity contribution in [3.63, 3.8) is 0 Å². The molecule has 6 radical (unpaired) electrons. The molecule has 0 aromatic heterocycles. The van der Waals surface area contributed by atoms with Gasteiger partial charge in [0.15, 0.2) is 0 Å². The summed E-state index contributed by atoms with van der Waals surface area (Å²) in [4.78, 5) is 21.1. The first kappa shape index (κ1) is 29.5. The van der Waals surface area contributed by atoms with Crippen molar-refractivity contribution in [3.05, 3.63) is 0 Å². The van der Waals surface area contributed by atoms with Crippen LogP contribution in [0.3, 0.4) is 0 Å². The number of carbonyl (C=O) groups is 2. The second-order valence-corrected chi connectivity index (χ2v) is 4.31. The van der Waals surface area contributed by atoms with Gasteiger partial charge in [-0.05, 0) is 0 Å². The SMILES string of the molecule is O=C(CCC(=O)OS(=O)(=O)O)OS(=O)(=O)O.[Ca].[Ca].[Ca]. The van der Waals surface area contributed by atoms with Gasteiger partial charge in [0.1, 0.15) is 0 Å². The Morgan fingerprint density at radius 2 is 0.947 bits per heavy atom. The Morgan fingerprint density at radius 3 is 1.11 bits per heavy atom. The van der Waals surface area contributed by atoms with Gasteiger partial charge >= 0.3 is 32.7 Å². The Hall–Kier alpha value is 2.54. The van der Waals surface area contributed by atoms with Crippen molar-refractivity contribution in [1.29, 1.82) is 0 Å². The Kier molecular flexibility index (Phi) is 20.2. The second kappa shape index (κ2) is 13.0. The summed E-state index contributed by atoms with van der Waals surface area (Å²) < 4.78 is 62.7. The topological polar surface area (TPSA) is 161 Å². The first-order chi connectivity index (χ1) is 6.99. The van der Waals surface area contributed by atoms with E-state index in [1.165, 1.54) is 0 Å². The van der Waals surface area contributed by atoms with Gasteiger partial charge in [-0.1, -0.05) is 0 Å². The van der Waals surface area contributed by atoms with E-state index in [0.717, 1.165) is 0 Å². The molecule has 0 aromatic carbocycles.